The Balaban J connectivity index is 2.18. The Morgan fingerprint density at radius 1 is 1.00 bits per heavy atom. The second-order valence-electron chi connectivity index (χ2n) is 7.33. The van der Waals surface area contributed by atoms with Crippen LogP contribution in [0.2, 0.25) is 0 Å². The Bertz CT molecular complexity index is 817. The Kier molecular flexibility index (Phi) is 8.36. The maximum Gasteiger partial charge on any atom is 0.475 e. The van der Waals surface area contributed by atoms with Crippen LogP contribution in [0.15, 0.2) is 54.6 Å². The van der Waals surface area contributed by atoms with Gasteiger partial charge in [0, 0.05) is 11.1 Å². The lowest BCUT2D eigenvalue weighted by Gasteiger charge is -2.23. The molecule has 0 heterocycles. The summed E-state index contributed by atoms with van der Waals surface area (Å²) in [4.78, 5) is 25.1. The Labute approximate surface area is 170 Å². The van der Waals surface area contributed by atoms with Gasteiger partial charge in [-0.25, -0.2) is 4.39 Å². The minimum Gasteiger partial charge on any atom is -0.426 e. The van der Waals surface area contributed by atoms with Crippen LogP contribution in [0, 0.1) is 11.7 Å². The molecular weight excluding hydrogens is 374 g/mol. The summed E-state index contributed by atoms with van der Waals surface area (Å²) in [5, 5.41) is 24.3. The summed E-state index contributed by atoms with van der Waals surface area (Å²) in [5.41, 5.74) is 0.564. The van der Waals surface area contributed by atoms with E-state index in [2.05, 4.69) is 10.6 Å². The molecule has 2 aromatic carbocycles. The third-order valence-electron chi connectivity index (χ3n) is 4.44. The van der Waals surface area contributed by atoms with Crippen molar-refractivity contribution in [3.8, 4) is 0 Å². The molecule has 0 aromatic heterocycles. The fourth-order valence-corrected chi connectivity index (χ4v) is 3.04. The van der Waals surface area contributed by atoms with Gasteiger partial charge in [-0.05, 0) is 30.5 Å². The SMILES string of the molecule is CC(C)CC(NC(=O)CC(NC(=O)c1ccccc1)c1ccccc1F)B(O)O. The van der Waals surface area contributed by atoms with E-state index in [0.29, 0.717) is 12.0 Å². The molecule has 154 valence electrons. The predicted molar refractivity (Wildman–Crippen MR) is 109 cm³/mol. The maximum absolute atomic E-state index is 14.3. The van der Waals surface area contributed by atoms with Gasteiger partial charge in [0.15, 0.2) is 0 Å². The molecule has 0 saturated carbocycles. The first-order valence-corrected chi connectivity index (χ1v) is 9.53. The molecule has 6 nitrogen and oxygen atoms in total. The molecule has 0 bridgehead atoms. The van der Waals surface area contributed by atoms with E-state index >= 15 is 0 Å². The molecular formula is C21H26BFN2O4. The molecule has 4 N–H and O–H groups in total. The smallest absolute Gasteiger partial charge is 0.426 e. The minimum absolute atomic E-state index is 0.127. The van der Waals surface area contributed by atoms with Crippen LogP contribution in [0.4, 0.5) is 4.39 Å². The van der Waals surface area contributed by atoms with E-state index < -0.39 is 36.7 Å². The van der Waals surface area contributed by atoms with Gasteiger partial charge in [-0.1, -0.05) is 50.2 Å². The van der Waals surface area contributed by atoms with Gasteiger partial charge in [-0.15, -0.1) is 0 Å². The van der Waals surface area contributed by atoms with E-state index in [0.717, 1.165) is 0 Å². The highest BCUT2D eigenvalue weighted by molar-refractivity contribution is 6.43. The summed E-state index contributed by atoms with van der Waals surface area (Å²) < 4.78 is 14.3. The fourth-order valence-electron chi connectivity index (χ4n) is 3.04. The molecule has 2 amide bonds. The monoisotopic (exact) mass is 400 g/mol. The normalized spacial score (nSPS) is 12.9. The zero-order chi connectivity index (χ0) is 21.4. The van der Waals surface area contributed by atoms with Crippen LogP contribution in [0.25, 0.3) is 0 Å². The number of halogens is 1. The van der Waals surface area contributed by atoms with Gasteiger partial charge >= 0.3 is 7.12 Å². The Morgan fingerprint density at radius 2 is 1.62 bits per heavy atom. The molecule has 2 rings (SSSR count). The van der Waals surface area contributed by atoms with E-state index in [4.69, 9.17) is 0 Å². The summed E-state index contributed by atoms with van der Waals surface area (Å²) in [7, 11) is -1.72. The highest BCUT2D eigenvalue weighted by atomic mass is 19.1. The van der Waals surface area contributed by atoms with Gasteiger partial charge in [0.05, 0.1) is 18.4 Å². The number of carbonyl (C=O) groups excluding carboxylic acids is 2. The van der Waals surface area contributed by atoms with Crippen molar-refractivity contribution in [2.75, 3.05) is 0 Å². The zero-order valence-corrected chi connectivity index (χ0v) is 16.5. The first kappa shape index (κ1) is 22.6. The zero-order valence-electron chi connectivity index (χ0n) is 16.5. The molecule has 0 aliphatic rings. The molecule has 2 aromatic rings. The van der Waals surface area contributed by atoms with Gasteiger partial charge in [0.25, 0.3) is 5.91 Å². The molecule has 29 heavy (non-hydrogen) atoms. The molecule has 0 spiro atoms. The van der Waals surface area contributed by atoms with Gasteiger partial charge in [-0.3, -0.25) is 9.59 Å². The van der Waals surface area contributed by atoms with E-state index in [1.807, 2.05) is 13.8 Å². The first-order valence-electron chi connectivity index (χ1n) is 9.53. The maximum atomic E-state index is 14.3. The molecule has 0 aliphatic heterocycles. The van der Waals surface area contributed by atoms with Crippen molar-refractivity contribution < 1.29 is 24.0 Å². The molecule has 0 radical (unpaired) electrons. The standard InChI is InChI=1S/C21H26BFN2O4/c1-14(2)12-19(22(28)29)25-20(26)13-18(16-10-6-7-11-17(16)23)24-21(27)15-8-4-3-5-9-15/h3-11,14,18-19,28-29H,12-13H2,1-2H3,(H,24,27)(H,25,26). The number of amides is 2. The third-order valence-corrected chi connectivity index (χ3v) is 4.44. The fraction of sp³-hybridized carbons (Fsp3) is 0.333. The Morgan fingerprint density at radius 3 is 2.21 bits per heavy atom. The van der Waals surface area contributed by atoms with E-state index in [-0.39, 0.29) is 17.9 Å². The third kappa shape index (κ3) is 7.00. The van der Waals surface area contributed by atoms with Crippen LogP contribution in [-0.4, -0.2) is 34.9 Å². The second-order valence-corrected chi connectivity index (χ2v) is 7.33. The highest BCUT2D eigenvalue weighted by Crippen LogP contribution is 2.21. The lowest BCUT2D eigenvalue weighted by molar-refractivity contribution is -0.122. The van der Waals surface area contributed by atoms with Crippen LogP contribution in [0.5, 0.6) is 0 Å². The van der Waals surface area contributed by atoms with Gasteiger partial charge < -0.3 is 20.7 Å². The molecule has 8 heteroatoms. The summed E-state index contributed by atoms with van der Waals surface area (Å²) in [6.07, 6.45) is 0.116. The highest BCUT2D eigenvalue weighted by Gasteiger charge is 2.28. The summed E-state index contributed by atoms with van der Waals surface area (Å²) in [6, 6.07) is 13.4. The van der Waals surface area contributed by atoms with Crippen molar-refractivity contribution in [3.05, 3.63) is 71.5 Å². The van der Waals surface area contributed by atoms with Crippen molar-refractivity contribution in [1.82, 2.24) is 10.6 Å². The average Bonchev–Trinajstić information content (AvgIpc) is 2.67. The van der Waals surface area contributed by atoms with Crippen molar-refractivity contribution in [2.45, 2.75) is 38.7 Å². The van der Waals surface area contributed by atoms with Crippen LogP contribution in [-0.2, 0) is 4.79 Å². The number of carbonyl (C=O) groups is 2. The number of hydrogen-bond acceptors (Lipinski definition) is 4. The Hall–Kier alpha value is -2.71. The molecule has 2 unspecified atom stereocenters. The van der Waals surface area contributed by atoms with Gasteiger partial charge in [0.2, 0.25) is 5.91 Å². The number of nitrogens with one attached hydrogen (secondary N) is 2. The quantitative estimate of drug-likeness (QED) is 0.485. The number of hydrogen-bond donors (Lipinski definition) is 4. The van der Waals surface area contributed by atoms with Crippen LogP contribution in [0.3, 0.4) is 0 Å². The lowest BCUT2D eigenvalue weighted by atomic mass is 9.75. The van der Waals surface area contributed by atoms with Gasteiger partial charge in [0.1, 0.15) is 5.82 Å². The lowest BCUT2D eigenvalue weighted by Crippen LogP contribution is -2.48. The second kappa shape index (κ2) is 10.7. The summed E-state index contributed by atoms with van der Waals surface area (Å²) in [6.45, 7) is 3.79. The summed E-state index contributed by atoms with van der Waals surface area (Å²) >= 11 is 0. The van der Waals surface area contributed by atoms with Crippen LogP contribution in [0.1, 0.15) is 48.7 Å². The molecule has 0 fully saturated rings. The molecule has 0 aliphatic carbocycles. The minimum atomic E-state index is -1.72. The van der Waals surface area contributed by atoms with Crippen LogP contribution < -0.4 is 10.6 Å². The number of benzene rings is 2. The average molecular weight is 400 g/mol. The van der Waals surface area contributed by atoms with Crippen molar-refractivity contribution in [1.29, 1.82) is 0 Å². The van der Waals surface area contributed by atoms with Crippen molar-refractivity contribution in [2.24, 2.45) is 5.92 Å². The van der Waals surface area contributed by atoms with E-state index in [1.165, 1.54) is 18.2 Å². The van der Waals surface area contributed by atoms with E-state index in [9.17, 15) is 24.0 Å². The topological polar surface area (TPSA) is 98.7 Å². The van der Waals surface area contributed by atoms with Crippen molar-refractivity contribution >= 4 is 18.9 Å². The molecule has 0 saturated heterocycles. The predicted octanol–water partition coefficient (Wildman–Crippen LogP) is 2.23. The van der Waals surface area contributed by atoms with E-state index in [1.54, 1.807) is 36.4 Å². The summed E-state index contributed by atoms with van der Waals surface area (Å²) in [5.74, 6) is -2.23. The van der Waals surface area contributed by atoms with Crippen LogP contribution >= 0.6 is 0 Å². The first-order chi connectivity index (χ1) is 13.8. The van der Waals surface area contributed by atoms with Crippen molar-refractivity contribution in [3.63, 3.8) is 0 Å². The largest absolute Gasteiger partial charge is 0.475 e. The number of rotatable bonds is 9. The van der Waals surface area contributed by atoms with Gasteiger partial charge in [-0.2, -0.15) is 0 Å². The molecule has 2 atom stereocenters.